The van der Waals surface area contributed by atoms with Gasteiger partial charge in [0.25, 0.3) is 0 Å². The summed E-state index contributed by atoms with van der Waals surface area (Å²) < 4.78 is 5.22. The summed E-state index contributed by atoms with van der Waals surface area (Å²) in [5.74, 6) is 0.865. The van der Waals surface area contributed by atoms with Crippen molar-refractivity contribution in [3.63, 3.8) is 0 Å². The molecule has 1 heterocycles. The van der Waals surface area contributed by atoms with Crippen molar-refractivity contribution in [2.75, 3.05) is 26.8 Å². The van der Waals surface area contributed by atoms with Gasteiger partial charge in [-0.2, -0.15) is 0 Å². The molecule has 0 saturated carbocycles. The van der Waals surface area contributed by atoms with E-state index in [-0.39, 0.29) is 0 Å². The van der Waals surface area contributed by atoms with Crippen molar-refractivity contribution in [3.8, 4) is 0 Å². The largest absolute Gasteiger partial charge is 0.381 e. The number of hydrogen-bond donors (Lipinski definition) is 1. The van der Waals surface area contributed by atoms with Crippen molar-refractivity contribution >= 4 is 0 Å². The molecule has 11 heavy (non-hydrogen) atoms. The number of ether oxygens (including phenoxy) is 1. The summed E-state index contributed by atoms with van der Waals surface area (Å²) in [5, 5.41) is 3.18. The molecule has 1 N–H and O–H groups in total. The molecule has 1 aliphatic rings. The molecule has 0 spiro atoms. The van der Waals surface area contributed by atoms with Crippen LogP contribution in [0.2, 0.25) is 0 Å². The minimum absolute atomic E-state index is 0.865. The third-order valence-corrected chi connectivity index (χ3v) is 1.83. The zero-order valence-electron chi connectivity index (χ0n) is 8.02. The summed E-state index contributed by atoms with van der Waals surface area (Å²) in [5.41, 5.74) is 0. The van der Waals surface area contributed by atoms with Crippen LogP contribution in [0.15, 0.2) is 0 Å². The Bertz CT molecular complexity index is 67.2. The zero-order chi connectivity index (χ0) is 8.53. The Kier molecular flexibility index (Phi) is 7.96. The average molecular weight is 159 g/mol. The van der Waals surface area contributed by atoms with Gasteiger partial charge in [0.15, 0.2) is 0 Å². The molecule has 0 aliphatic carbocycles. The van der Waals surface area contributed by atoms with Gasteiger partial charge in [0.2, 0.25) is 0 Å². The highest BCUT2D eigenvalue weighted by atomic mass is 16.5. The summed E-state index contributed by atoms with van der Waals surface area (Å²) in [6.45, 7) is 7.09. The molecular weight excluding hydrogens is 138 g/mol. The third kappa shape index (κ3) is 5.22. The van der Waals surface area contributed by atoms with Crippen molar-refractivity contribution in [3.05, 3.63) is 0 Å². The first-order valence-electron chi connectivity index (χ1n) is 4.66. The van der Waals surface area contributed by atoms with E-state index in [0.29, 0.717) is 0 Å². The molecule has 0 aromatic heterocycles. The highest BCUT2D eigenvalue weighted by Crippen LogP contribution is 2.12. The Labute approximate surface area is 70.3 Å². The lowest BCUT2D eigenvalue weighted by Crippen LogP contribution is -2.25. The van der Waals surface area contributed by atoms with E-state index in [1.54, 1.807) is 0 Å². The minimum atomic E-state index is 0.865. The molecule has 1 fully saturated rings. The van der Waals surface area contributed by atoms with Crippen LogP contribution in [-0.4, -0.2) is 26.8 Å². The fourth-order valence-corrected chi connectivity index (χ4v) is 1.24. The lowest BCUT2D eigenvalue weighted by Gasteiger charge is -2.21. The lowest BCUT2D eigenvalue weighted by molar-refractivity contribution is 0.0669. The van der Waals surface area contributed by atoms with Gasteiger partial charge in [-0.15, -0.1) is 0 Å². The summed E-state index contributed by atoms with van der Waals surface area (Å²) in [6, 6.07) is 0. The van der Waals surface area contributed by atoms with Crippen LogP contribution in [0, 0.1) is 5.92 Å². The quantitative estimate of drug-likeness (QED) is 0.661. The van der Waals surface area contributed by atoms with Gasteiger partial charge in [-0.1, -0.05) is 13.8 Å². The van der Waals surface area contributed by atoms with E-state index in [9.17, 15) is 0 Å². The molecule has 2 nitrogen and oxygen atoms in total. The predicted molar refractivity (Wildman–Crippen MR) is 48.8 cm³/mol. The van der Waals surface area contributed by atoms with Crippen LogP contribution < -0.4 is 5.32 Å². The van der Waals surface area contributed by atoms with E-state index in [0.717, 1.165) is 25.7 Å². The summed E-state index contributed by atoms with van der Waals surface area (Å²) >= 11 is 0. The third-order valence-electron chi connectivity index (χ3n) is 1.83. The van der Waals surface area contributed by atoms with Gasteiger partial charge in [0.1, 0.15) is 0 Å². The van der Waals surface area contributed by atoms with Crippen molar-refractivity contribution in [1.29, 1.82) is 0 Å². The monoisotopic (exact) mass is 159 g/mol. The van der Waals surface area contributed by atoms with E-state index in [1.165, 1.54) is 12.8 Å². The molecule has 1 aliphatic heterocycles. The van der Waals surface area contributed by atoms with E-state index in [1.807, 2.05) is 20.9 Å². The van der Waals surface area contributed by atoms with Crippen LogP contribution in [0.25, 0.3) is 0 Å². The molecule has 2 heteroatoms. The molecule has 0 aromatic rings. The maximum absolute atomic E-state index is 5.22. The van der Waals surface area contributed by atoms with E-state index in [2.05, 4.69) is 5.32 Å². The van der Waals surface area contributed by atoms with E-state index < -0.39 is 0 Å². The second-order valence-electron chi connectivity index (χ2n) is 2.61. The molecule has 0 amide bonds. The summed E-state index contributed by atoms with van der Waals surface area (Å²) in [7, 11) is 2.01. The fraction of sp³-hybridized carbons (Fsp3) is 1.00. The van der Waals surface area contributed by atoms with Crippen molar-refractivity contribution in [2.24, 2.45) is 5.92 Å². The number of hydrogen-bond acceptors (Lipinski definition) is 2. The maximum Gasteiger partial charge on any atom is 0.0469 e. The highest BCUT2D eigenvalue weighted by molar-refractivity contribution is 4.64. The van der Waals surface area contributed by atoms with E-state index >= 15 is 0 Å². The first-order chi connectivity index (χ1) is 5.43. The van der Waals surface area contributed by atoms with Crippen LogP contribution in [-0.2, 0) is 4.74 Å². The zero-order valence-corrected chi connectivity index (χ0v) is 8.02. The number of nitrogens with one attached hydrogen (secondary N) is 1. The molecule has 0 unspecified atom stereocenters. The van der Waals surface area contributed by atoms with Crippen molar-refractivity contribution in [1.82, 2.24) is 5.32 Å². The number of rotatable bonds is 2. The van der Waals surface area contributed by atoms with Gasteiger partial charge in [-0.3, -0.25) is 0 Å². The summed E-state index contributed by atoms with van der Waals surface area (Å²) in [6.07, 6.45) is 2.47. The first kappa shape index (κ1) is 10.9. The van der Waals surface area contributed by atoms with Crippen LogP contribution in [0.1, 0.15) is 26.7 Å². The SMILES string of the molecule is CC.CNCC1CCOCC1. The Morgan fingerprint density at radius 2 is 1.82 bits per heavy atom. The Hall–Kier alpha value is -0.0800. The van der Waals surface area contributed by atoms with Gasteiger partial charge in [-0.05, 0) is 32.4 Å². The normalized spacial score (nSPS) is 18.8. The average Bonchev–Trinajstić information content (AvgIpc) is 2.11. The molecule has 0 bridgehead atoms. The predicted octanol–water partition coefficient (Wildman–Crippen LogP) is 1.66. The van der Waals surface area contributed by atoms with Crippen LogP contribution >= 0.6 is 0 Å². The standard InChI is InChI=1S/C7H15NO.C2H6/c1-8-6-7-2-4-9-5-3-7;1-2/h7-8H,2-6H2,1H3;1-2H3. The smallest absolute Gasteiger partial charge is 0.0469 e. The Morgan fingerprint density at radius 3 is 2.27 bits per heavy atom. The van der Waals surface area contributed by atoms with Crippen molar-refractivity contribution in [2.45, 2.75) is 26.7 Å². The Balaban J connectivity index is 0.000000461. The van der Waals surface area contributed by atoms with Crippen LogP contribution in [0.3, 0.4) is 0 Å². The molecule has 1 saturated heterocycles. The topological polar surface area (TPSA) is 21.3 Å². The van der Waals surface area contributed by atoms with Crippen LogP contribution in [0.5, 0.6) is 0 Å². The second-order valence-corrected chi connectivity index (χ2v) is 2.61. The van der Waals surface area contributed by atoms with Gasteiger partial charge < -0.3 is 10.1 Å². The highest BCUT2D eigenvalue weighted by Gasteiger charge is 2.11. The lowest BCUT2D eigenvalue weighted by atomic mass is 10.0. The fourth-order valence-electron chi connectivity index (χ4n) is 1.24. The van der Waals surface area contributed by atoms with Gasteiger partial charge in [0.05, 0.1) is 0 Å². The first-order valence-corrected chi connectivity index (χ1v) is 4.66. The van der Waals surface area contributed by atoms with Gasteiger partial charge in [0, 0.05) is 13.2 Å². The van der Waals surface area contributed by atoms with Crippen LogP contribution in [0.4, 0.5) is 0 Å². The van der Waals surface area contributed by atoms with E-state index in [4.69, 9.17) is 4.74 Å². The molecule has 68 valence electrons. The molecule has 1 rings (SSSR count). The molecule has 0 aromatic carbocycles. The van der Waals surface area contributed by atoms with Crippen molar-refractivity contribution < 1.29 is 4.74 Å². The van der Waals surface area contributed by atoms with Gasteiger partial charge in [-0.25, -0.2) is 0 Å². The molecular formula is C9H21NO. The second kappa shape index (κ2) is 8.02. The summed E-state index contributed by atoms with van der Waals surface area (Å²) in [4.78, 5) is 0. The van der Waals surface area contributed by atoms with Gasteiger partial charge >= 0.3 is 0 Å². The minimum Gasteiger partial charge on any atom is -0.381 e. The molecule has 0 atom stereocenters. The molecule has 0 radical (unpaired) electrons. The Morgan fingerprint density at radius 1 is 1.27 bits per heavy atom. The maximum atomic E-state index is 5.22.